The molecule has 0 unspecified atom stereocenters. The van der Waals surface area contributed by atoms with Crippen LogP contribution in [-0.2, 0) is 0 Å². The van der Waals surface area contributed by atoms with Crippen molar-refractivity contribution in [1.82, 2.24) is 0 Å². The Morgan fingerprint density at radius 1 is 0.889 bits per heavy atom. The summed E-state index contributed by atoms with van der Waals surface area (Å²) in [5, 5.41) is 0. The summed E-state index contributed by atoms with van der Waals surface area (Å²) in [6.45, 7) is 4.34. The minimum Gasteiger partial charge on any atom is -0.465 e. The van der Waals surface area contributed by atoms with Gasteiger partial charge in [-0.25, -0.2) is 0 Å². The molecule has 92 valence electrons. The summed E-state index contributed by atoms with van der Waals surface area (Å²) in [6.07, 6.45) is 3.72. The summed E-state index contributed by atoms with van der Waals surface area (Å²) in [5.74, 6) is 1.39. The number of ether oxygens (including phenoxy) is 1. The van der Waals surface area contributed by atoms with Crippen LogP contribution in [0.4, 0.5) is 0 Å². The Morgan fingerprint density at radius 3 is 2.28 bits per heavy atom. The molecule has 0 fully saturated rings. The first-order valence-corrected chi connectivity index (χ1v) is 6.24. The number of rotatable bonds is 4. The third kappa shape index (κ3) is 3.24. The zero-order chi connectivity index (χ0) is 12.8. The predicted molar refractivity (Wildman–Crippen MR) is 76.6 cm³/mol. The summed E-state index contributed by atoms with van der Waals surface area (Å²) in [5.41, 5.74) is 2.37. The standard InChI is InChI=1S/C17H18O/c1-14(2)16-10-6-7-11-17(16)18-13-12-15-8-4-3-5-9-15/h3-14H,1-2H3/b13-12+. The lowest BCUT2D eigenvalue weighted by Gasteiger charge is -2.10. The van der Waals surface area contributed by atoms with E-state index in [1.165, 1.54) is 5.56 Å². The largest absolute Gasteiger partial charge is 0.465 e. The maximum absolute atomic E-state index is 5.72. The van der Waals surface area contributed by atoms with Gasteiger partial charge in [0.25, 0.3) is 0 Å². The molecule has 0 aromatic heterocycles. The van der Waals surface area contributed by atoms with E-state index in [1.54, 1.807) is 6.26 Å². The first-order chi connectivity index (χ1) is 8.77. The van der Waals surface area contributed by atoms with Crippen molar-refractivity contribution in [3.05, 3.63) is 72.0 Å². The maximum atomic E-state index is 5.72. The van der Waals surface area contributed by atoms with Crippen LogP contribution in [0.25, 0.3) is 6.08 Å². The number of hydrogen-bond donors (Lipinski definition) is 0. The van der Waals surface area contributed by atoms with Crippen molar-refractivity contribution < 1.29 is 4.74 Å². The highest BCUT2D eigenvalue weighted by atomic mass is 16.5. The molecule has 0 radical (unpaired) electrons. The van der Waals surface area contributed by atoms with Crippen molar-refractivity contribution in [1.29, 1.82) is 0 Å². The van der Waals surface area contributed by atoms with Crippen LogP contribution >= 0.6 is 0 Å². The fraction of sp³-hybridized carbons (Fsp3) is 0.176. The van der Waals surface area contributed by atoms with E-state index in [1.807, 2.05) is 54.6 Å². The molecule has 18 heavy (non-hydrogen) atoms. The molecule has 1 nitrogen and oxygen atoms in total. The molecule has 0 N–H and O–H groups in total. The Balaban J connectivity index is 2.09. The third-order valence-electron chi connectivity index (χ3n) is 2.80. The Bertz CT molecular complexity index is 512. The van der Waals surface area contributed by atoms with Crippen molar-refractivity contribution in [3.8, 4) is 5.75 Å². The summed E-state index contributed by atoms with van der Waals surface area (Å²) in [7, 11) is 0. The second-order valence-corrected chi connectivity index (χ2v) is 4.52. The van der Waals surface area contributed by atoms with Crippen LogP contribution in [0.5, 0.6) is 5.75 Å². The second kappa shape index (κ2) is 6.06. The highest BCUT2D eigenvalue weighted by Crippen LogP contribution is 2.26. The normalized spacial score (nSPS) is 11.1. The van der Waals surface area contributed by atoms with E-state index in [0.717, 1.165) is 11.3 Å². The average Bonchev–Trinajstić information content (AvgIpc) is 2.40. The van der Waals surface area contributed by atoms with Crippen LogP contribution in [-0.4, -0.2) is 0 Å². The van der Waals surface area contributed by atoms with E-state index in [-0.39, 0.29) is 0 Å². The Kier molecular flexibility index (Phi) is 4.19. The first-order valence-electron chi connectivity index (χ1n) is 6.24. The summed E-state index contributed by atoms with van der Waals surface area (Å²) < 4.78 is 5.72. The van der Waals surface area contributed by atoms with E-state index in [4.69, 9.17) is 4.74 Å². The third-order valence-corrected chi connectivity index (χ3v) is 2.80. The zero-order valence-electron chi connectivity index (χ0n) is 10.8. The molecule has 0 heterocycles. The van der Waals surface area contributed by atoms with Crippen LogP contribution in [0, 0.1) is 0 Å². The average molecular weight is 238 g/mol. The summed E-state index contributed by atoms with van der Waals surface area (Å²) >= 11 is 0. The quantitative estimate of drug-likeness (QED) is 0.691. The predicted octanol–water partition coefficient (Wildman–Crippen LogP) is 4.86. The molecule has 0 atom stereocenters. The molecule has 1 heteroatoms. The van der Waals surface area contributed by atoms with E-state index >= 15 is 0 Å². The molecule has 2 aromatic rings. The highest BCUT2D eigenvalue weighted by molar-refractivity contribution is 5.48. The molecular weight excluding hydrogens is 220 g/mol. The number of hydrogen-bond acceptors (Lipinski definition) is 1. The molecule has 0 aliphatic rings. The molecule has 2 rings (SSSR count). The zero-order valence-corrected chi connectivity index (χ0v) is 10.8. The van der Waals surface area contributed by atoms with Gasteiger partial charge in [0.2, 0.25) is 0 Å². The first kappa shape index (κ1) is 12.4. The Labute approximate surface area is 109 Å². The van der Waals surface area contributed by atoms with Crippen molar-refractivity contribution in [2.75, 3.05) is 0 Å². The topological polar surface area (TPSA) is 9.23 Å². The van der Waals surface area contributed by atoms with Crippen LogP contribution in [0.2, 0.25) is 0 Å². The van der Waals surface area contributed by atoms with Crippen LogP contribution < -0.4 is 4.74 Å². The van der Waals surface area contributed by atoms with E-state index in [0.29, 0.717) is 5.92 Å². The lowest BCUT2D eigenvalue weighted by atomic mass is 10.0. The smallest absolute Gasteiger partial charge is 0.129 e. The molecule has 0 amide bonds. The SMILES string of the molecule is CC(C)c1ccccc1O/C=C/c1ccccc1. The number of benzene rings is 2. The molecule has 0 saturated carbocycles. The van der Waals surface area contributed by atoms with E-state index in [9.17, 15) is 0 Å². The number of para-hydroxylation sites is 1. The minimum absolute atomic E-state index is 0.464. The molecule has 0 bridgehead atoms. The van der Waals surface area contributed by atoms with E-state index < -0.39 is 0 Å². The van der Waals surface area contributed by atoms with Gasteiger partial charge in [-0.05, 0) is 29.2 Å². The summed E-state index contributed by atoms with van der Waals surface area (Å²) in [4.78, 5) is 0. The van der Waals surface area contributed by atoms with Gasteiger partial charge >= 0.3 is 0 Å². The van der Waals surface area contributed by atoms with Gasteiger partial charge in [-0.15, -0.1) is 0 Å². The molecule has 2 aromatic carbocycles. The molecule has 0 aliphatic carbocycles. The second-order valence-electron chi connectivity index (χ2n) is 4.52. The maximum Gasteiger partial charge on any atom is 0.129 e. The molecular formula is C17H18O. The van der Waals surface area contributed by atoms with Gasteiger partial charge in [0.15, 0.2) is 0 Å². The highest BCUT2D eigenvalue weighted by Gasteiger charge is 2.05. The van der Waals surface area contributed by atoms with Gasteiger partial charge in [0.1, 0.15) is 5.75 Å². The Morgan fingerprint density at radius 2 is 1.56 bits per heavy atom. The van der Waals surface area contributed by atoms with Gasteiger partial charge < -0.3 is 4.74 Å². The van der Waals surface area contributed by atoms with Gasteiger partial charge in [-0.2, -0.15) is 0 Å². The van der Waals surface area contributed by atoms with Crippen molar-refractivity contribution in [2.24, 2.45) is 0 Å². The molecule has 0 saturated heterocycles. The minimum atomic E-state index is 0.464. The fourth-order valence-electron chi connectivity index (χ4n) is 1.81. The van der Waals surface area contributed by atoms with Crippen molar-refractivity contribution >= 4 is 6.08 Å². The summed E-state index contributed by atoms with van der Waals surface area (Å²) in [6, 6.07) is 18.3. The van der Waals surface area contributed by atoms with Gasteiger partial charge in [-0.1, -0.05) is 62.4 Å². The van der Waals surface area contributed by atoms with Crippen LogP contribution in [0.1, 0.15) is 30.9 Å². The van der Waals surface area contributed by atoms with Crippen LogP contribution in [0.15, 0.2) is 60.9 Å². The van der Waals surface area contributed by atoms with E-state index in [2.05, 4.69) is 19.9 Å². The van der Waals surface area contributed by atoms with Crippen molar-refractivity contribution in [3.63, 3.8) is 0 Å². The van der Waals surface area contributed by atoms with Gasteiger partial charge in [0, 0.05) is 0 Å². The van der Waals surface area contributed by atoms with Crippen molar-refractivity contribution in [2.45, 2.75) is 19.8 Å². The van der Waals surface area contributed by atoms with Gasteiger partial charge in [0.05, 0.1) is 6.26 Å². The van der Waals surface area contributed by atoms with Crippen LogP contribution in [0.3, 0.4) is 0 Å². The lowest BCUT2D eigenvalue weighted by molar-refractivity contribution is 0.475. The lowest BCUT2D eigenvalue weighted by Crippen LogP contribution is -1.92. The molecule has 0 aliphatic heterocycles. The molecule has 0 spiro atoms. The fourth-order valence-corrected chi connectivity index (χ4v) is 1.81. The van der Waals surface area contributed by atoms with Gasteiger partial charge in [-0.3, -0.25) is 0 Å². The Hall–Kier alpha value is -2.02. The monoisotopic (exact) mass is 238 g/mol.